The SMILES string of the molecule is c1ccc(-c2nc3ncc(-c4ccc(-n5c6ccc(-n7c8ccccc8c8ccccc87)cc6c6cc(-n7c8ccccc8c8ccccc87)ccc65)cc4)cn3c2-c2ccccc2)cc1. The minimum Gasteiger partial charge on any atom is -0.309 e. The Morgan fingerprint density at radius 3 is 1.21 bits per heavy atom. The standard InChI is InChI=1S/C60H38N6/c1-3-15-40(16-4-1)58-59(41-17-5-2-6-18-41)63-38-42(37-61-60(63)62-58)39-27-29-43(30-28-39)64-56-33-31-44(65-52-23-11-7-19-46(52)47-20-8-12-24-53(47)65)35-50(56)51-36-45(32-34-57(51)64)66-54-25-13-9-21-48(54)49-22-10-14-26-55(49)66/h1-38H. The van der Waals surface area contributed by atoms with Gasteiger partial charge in [-0.15, -0.1) is 0 Å². The first-order valence-electron chi connectivity index (χ1n) is 22.4. The van der Waals surface area contributed by atoms with Gasteiger partial charge in [0.05, 0.1) is 44.5 Å². The van der Waals surface area contributed by atoms with Crippen LogP contribution < -0.4 is 0 Å². The largest absolute Gasteiger partial charge is 0.309 e. The average Bonchev–Trinajstić information content (AvgIpc) is 4.13. The highest BCUT2D eigenvalue weighted by atomic mass is 15.1. The molecule has 5 aromatic heterocycles. The molecule has 0 bridgehead atoms. The van der Waals surface area contributed by atoms with Crippen molar-refractivity contribution in [3.63, 3.8) is 0 Å². The first-order valence-corrected chi connectivity index (χ1v) is 22.4. The van der Waals surface area contributed by atoms with Crippen LogP contribution in [0.15, 0.2) is 231 Å². The molecule has 14 rings (SSSR count). The quantitative estimate of drug-likeness (QED) is 0.167. The molecular weight excluding hydrogens is 805 g/mol. The fourth-order valence-corrected chi connectivity index (χ4v) is 10.5. The molecule has 5 heterocycles. The third-order valence-corrected chi connectivity index (χ3v) is 13.4. The monoisotopic (exact) mass is 842 g/mol. The molecule has 0 spiro atoms. The number of hydrogen-bond acceptors (Lipinski definition) is 2. The normalized spacial score (nSPS) is 11.9. The van der Waals surface area contributed by atoms with Gasteiger partial charge >= 0.3 is 0 Å². The first kappa shape index (κ1) is 36.5. The molecule has 0 fully saturated rings. The average molecular weight is 843 g/mol. The molecule has 0 saturated carbocycles. The molecule has 6 heteroatoms. The summed E-state index contributed by atoms with van der Waals surface area (Å²) in [5.41, 5.74) is 16.6. The zero-order chi connectivity index (χ0) is 43.3. The van der Waals surface area contributed by atoms with E-state index in [4.69, 9.17) is 9.97 Å². The Bertz CT molecular complexity index is 3930. The zero-order valence-corrected chi connectivity index (χ0v) is 35.6. The Morgan fingerprint density at radius 1 is 0.303 bits per heavy atom. The molecule has 14 aromatic rings. The van der Waals surface area contributed by atoms with Crippen LogP contribution in [-0.2, 0) is 0 Å². The summed E-state index contributed by atoms with van der Waals surface area (Å²) in [6.07, 6.45) is 4.11. The molecule has 6 nitrogen and oxygen atoms in total. The molecule has 0 aliphatic rings. The van der Waals surface area contributed by atoms with Crippen molar-refractivity contribution in [2.45, 2.75) is 0 Å². The van der Waals surface area contributed by atoms with Crippen molar-refractivity contribution in [3.05, 3.63) is 231 Å². The molecule has 0 unspecified atom stereocenters. The Kier molecular flexibility index (Phi) is 7.88. The van der Waals surface area contributed by atoms with Crippen LogP contribution in [0.2, 0.25) is 0 Å². The smallest absolute Gasteiger partial charge is 0.234 e. The van der Waals surface area contributed by atoms with Crippen LogP contribution in [0.3, 0.4) is 0 Å². The van der Waals surface area contributed by atoms with Crippen LogP contribution in [0.4, 0.5) is 0 Å². The van der Waals surface area contributed by atoms with Crippen molar-refractivity contribution in [2.24, 2.45) is 0 Å². The number of benzene rings is 9. The van der Waals surface area contributed by atoms with Gasteiger partial charge in [-0.1, -0.05) is 146 Å². The van der Waals surface area contributed by atoms with Gasteiger partial charge < -0.3 is 13.7 Å². The molecule has 0 N–H and O–H groups in total. The van der Waals surface area contributed by atoms with E-state index in [1.807, 2.05) is 18.3 Å². The van der Waals surface area contributed by atoms with E-state index < -0.39 is 0 Å². The van der Waals surface area contributed by atoms with Crippen LogP contribution in [-0.4, -0.2) is 28.1 Å². The second-order valence-corrected chi connectivity index (χ2v) is 17.1. The van der Waals surface area contributed by atoms with Crippen LogP contribution in [0.25, 0.3) is 122 Å². The molecule has 66 heavy (non-hydrogen) atoms. The van der Waals surface area contributed by atoms with Gasteiger partial charge in [0.25, 0.3) is 0 Å². The maximum atomic E-state index is 5.05. The Morgan fingerprint density at radius 2 is 0.712 bits per heavy atom. The van der Waals surface area contributed by atoms with Crippen LogP contribution in [0.5, 0.6) is 0 Å². The summed E-state index contributed by atoms with van der Waals surface area (Å²) < 4.78 is 9.38. The van der Waals surface area contributed by atoms with E-state index in [9.17, 15) is 0 Å². The fraction of sp³-hybridized carbons (Fsp3) is 0. The lowest BCUT2D eigenvalue weighted by Gasteiger charge is -2.12. The predicted octanol–water partition coefficient (Wildman–Crippen LogP) is 15.0. The summed E-state index contributed by atoms with van der Waals surface area (Å²) in [4.78, 5) is 9.97. The lowest BCUT2D eigenvalue weighted by molar-refractivity contribution is 1.11. The van der Waals surface area contributed by atoms with Gasteiger partial charge in [0.15, 0.2) is 0 Å². The molecule has 0 radical (unpaired) electrons. The number of fused-ring (bicyclic) bond motifs is 10. The molecule has 0 atom stereocenters. The second-order valence-electron chi connectivity index (χ2n) is 17.1. The summed E-state index contributed by atoms with van der Waals surface area (Å²) in [5, 5.41) is 7.38. The van der Waals surface area contributed by atoms with Gasteiger partial charge in [-0.3, -0.25) is 4.40 Å². The third-order valence-electron chi connectivity index (χ3n) is 13.4. The minimum atomic E-state index is 0.666. The number of hydrogen-bond donors (Lipinski definition) is 0. The van der Waals surface area contributed by atoms with Crippen molar-refractivity contribution < 1.29 is 0 Å². The first-order chi connectivity index (χ1) is 32.7. The van der Waals surface area contributed by atoms with E-state index >= 15 is 0 Å². The topological polar surface area (TPSA) is 45.0 Å². The molecule has 0 saturated heterocycles. The highest BCUT2D eigenvalue weighted by Gasteiger charge is 2.21. The van der Waals surface area contributed by atoms with E-state index in [2.05, 4.69) is 231 Å². The van der Waals surface area contributed by atoms with E-state index in [1.54, 1.807) is 0 Å². The molecule has 0 aliphatic heterocycles. The van der Waals surface area contributed by atoms with Gasteiger partial charge in [-0.05, 0) is 78.4 Å². The number of aromatic nitrogens is 6. The van der Waals surface area contributed by atoms with E-state index in [-0.39, 0.29) is 0 Å². The highest BCUT2D eigenvalue weighted by Crippen LogP contribution is 2.40. The van der Waals surface area contributed by atoms with E-state index in [0.29, 0.717) is 5.78 Å². The predicted molar refractivity (Wildman–Crippen MR) is 272 cm³/mol. The molecule has 0 amide bonds. The van der Waals surface area contributed by atoms with Crippen molar-refractivity contribution in [3.8, 4) is 50.7 Å². The molecule has 0 aliphatic carbocycles. The van der Waals surface area contributed by atoms with Gasteiger partial charge in [-0.2, -0.15) is 0 Å². The van der Waals surface area contributed by atoms with Crippen LogP contribution in [0.1, 0.15) is 0 Å². The fourth-order valence-electron chi connectivity index (χ4n) is 10.5. The minimum absolute atomic E-state index is 0.666. The van der Waals surface area contributed by atoms with Crippen molar-refractivity contribution in [1.82, 2.24) is 28.1 Å². The number of nitrogens with zero attached hydrogens (tertiary/aromatic N) is 6. The third kappa shape index (κ3) is 5.42. The number of imidazole rings is 1. The van der Waals surface area contributed by atoms with E-state index in [1.165, 1.54) is 54.4 Å². The number of para-hydroxylation sites is 4. The zero-order valence-electron chi connectivity index (χ0n) is 35.6. The molecular formula is C60H38N6. The second kappa shape index (κ2) is 14.3. The summed E-state index contributed by atoms with van der Waals surface area (Å²) in [7, 11) is 0. The lowest BCUT2D eigenvalue weighted by Crippen LogP contribution is -1.97. The van der Waals surface area contributed by atoms with Gasteiger partial charge in [0, 0.05) is 78.5 Å². The Labute approximate surface area is 379 Å². The maximum Gasteiger partial charge on any atom is 0.234 e. The van der Waals surface area contributed by atoms with Gasteiger partial charge in [-0.25, -0.2) is 9.97 Å². The molecule has 308 valence electrons. The Hall–Kier alpha value is -9.00. The lowest BCUT2D eigenvalue weighted by atomic mass is 10.0. The summed E-state index contributed by atoms with van der Waals surface area (Å²) in [5.74, 6) is 0.666. The Balaban J connectivity index is 0.955. The highest BCUT2D eigenvalue weighted by molar-refractivity contribution is 6.14. The van der Waals surface area contributed by atoms with Crippen LogP contribution in [0, 0.1) is 0 Å². The van der Waals surface area contributed by atoms with Crippen LogP contribution >= 0.6 is 0 Å². The maximum absolute atomic E-state index is 5.05. The molecule has 9 aromatic carbocycles. The van der Waals surface area contributed by atoms with Crippen molar-refractivity contribution >= 4 is 71.2 Å². The van der Waals surface area contributed by atoms with Crippen molar-refractivity contribution in [1.29, 1.82) is 0 Å². The van der Waals surface area contributed by atoms with Crippen molar-refractivity contribution in [2.75, 3.05) is 0 Å². The summed E-state index contributed by atoms with van der Waals surface area (Å²) in [6, 6.07) is 78.6. The summed E-state index contributed by atoms with van der Waals surface area (Å²) >= 11 is 0. The summed E-state index contributed by atoms with van der Waals surface area (Å²) in [6.45, 7) is 0. The van der Waals surface area contributed by atoms with Gasteiger partial charge in [0.2, 0.25) is 5.78 Å². The van der Waals surface area contributed by atoms with E-state index in [0.717, 1.165) is 61.7 Å². The number of rotatable bonds is 6. The van der Waals surface area contributed by atoms with Gasteiger partial charge in [0.1, 0.15) is 0 Å².